The highest BCUT2D eigenvalue weighted by Crippen LogP contribution is 2.34. The number of anilines is 2. The Bertz CT molecular complexity index is 1050. The number of fused-ring (bicyclic) bond motifs is 1. The SMILES string of the molecule is COC(=O)[C@@H]1C[C@@H](C)c2ncc(Nc3noc(-c4ccccn4)n3)c(=O)n21. The predicted octanol–water partition coefficient (Wildman–Crippen LogP) is 1.65. The zero-order chi connectivity index (χ0) is 19.0. The minimum atomic E-state index is -0.698. The molecular weight excluding hydrogens is 352 g/mol. The van der Waals surface area contributed by atoms with Crippen LogP contribution < -0.4 is 10.9 Å². The second-order valence-electron chi connectivity index (χ2n) is 6.14. The van der Waals surface area contributed by atoms with E-state index in [4.69, 9.17) is 9.26 Å². The Labute approximate surface area is 153 Å². The molecule has 0 radical (unpaired) electrons. The third-order valence-electron chi connectivity index (χ3n) is 4.38. The van der Waals surface area contributed by atoms with Crippen LogP contribution in [-0.4, -0.2) is 37.8 Å². The van der Waals surface area contributed by atoms with E-state index in [1.807, 2.05) is 6.92 Å². The predicted molar refractivity (Wildman–Crippen MR) is 93.4 cm³/mol. The van der Waals surface area contributed by atoms with Gasteiger partial charge in [-0.2, -0.15) is 4.98 Å². The maximum absolute atomic E-state index is 12.9. The van der Waals surface area contributed by atoms with Gasteiger partial charge in [-0.15, -0.1) is 0 Å². The Morgan fingerprint density at radius 1 is 1.37 bits per heavy atom. The molecular formula is C17H16N6O4. The van der Waals surface area contributed by atoms with Crippen molar-refractivity contribution in [2.24, 2.45) is 0 Å². The Kier molecular flexibility index (Phi) is 4.15. The Balaban J connectivity index is 1.66. The van der Waals surface area contributed by atoms with Crippen molar-refractivity contribution in [1.29, 1.82) is 0 Å². The van der Waals surface area contributed by atoms with Crippen LogP contribution in [0.4, 0.5) is 11.6 Å². The third kappa shape index (κ3) is 2.94. The average molecular weight is 368 g/mol. The number of nitrogens with one attached hydrogen (secondary N) is 1. The van der Waals surface area contributed by atoms with Crippen molar-refractivity contribution in [3.8, 4) is 11.6 Å². The minimum Gasteiger partial charge on any atom is -0.467 e. The summed E-state index contributed by atoms with van der Waals surface area (Å²) in [6, 6.07) is 4.60. The van der Waals surface area contributed by atoms with E-state index in [2.05, 4.69) is 25.4 Å². The molecule has 10 nitrogen and oxygen atoms in total. The van der Waals surface area contributed by atoms with Gasteiger partial charge in [0.25, 0.3) is 17.4 Å². The number of hydrogen-bond acceptors (Lipinski definition) is 9. The molecule has 0 saturated heterocycles. The topological polar surface area (TPSA) is 125 Å². The van der Waals surface area contributed by atoms with Gasteiger partial charge in [-0.05, 0) is 23.7 Å². The van der Waals surface area contributed by atoms with Gasteiger partial charge in [0.05, 0.1) is 13.3 Å². The van der Waals surface area contributed by atoms with Crippen molar-refractivity contribution in [2.75, 3.05) is 12.4 Å². The van der Waals surface area contributed by atoms with Crippen LogP contribution in [-0.2, 0) is 9.53 Å². The average Bonchev–Trinajstić information content (AvgIpc) is 3.29. The second kappa shape index (κ2) is 6.63. The summed E-state index contributed by atoms with van der Waals surface area (Å²) in [7, 11) is 1.30. The Morgan fingerprint density at radius 2 is 2.22 bits per heavy atom. The van der Waals surface area contributed by atoms with Gasteiger partial charge in [-0.3, -0.25) is 14.3 Å². The van der Waals surface area contributed by atoms with Crippen LogP contribution in [0.25, 0.3) is 11.6 Å². The summed E-state index contributed by atoms with van der Waals surface area (Å²) in [6.45, 7) is 1.91. The van der Waals surface area contributed by atoms with E-state index in [-0.39, 0.29) is 23.4 Å². The molecule has 0 amide bonds. The van der Waals surface area contributed by atoms with Gasteiger partial charge in [0.15, 0.2) is 0 Å². The van der Waals surface area contributed by atoms with E-state index in [1.165, 1.54) is 17.9 Å². The molecule has 27 heavy (non-hydrogen) atoms. The van der Waals surface area contributed by atoms with E-state index >= 15 is 0 Å². The molecule has 1 aliphatic heterocycles. The van der Waals surface area contributed by atoms with Crippen molar-refractivity contribution in [1.82, 2.24) is 24.7 Å². The number of rotatable bonds is 4. The minimum absolute atomic E-state index is 0.0308. The van der Waals surface area contributed by atoms with Crippen molar-refractivity contribution in [3.05, 3.63) is 46.8 Å². The van der Waals surface area contributed by atoms with E-state index < -0.39 is 17.6 Å². The molecule has 138 valence electrons. The summed E-state index contributed by atoms with van der Waals surface area (Å²) in [5.41, 5.74) is 0.250. The van der Waals surface area contributed by atoms with Gasteiger partial charge < -0.3 is 14.6 Å². The number of esters is 1. The van der Waals surface area contributed by atoms with Gasteiger partial charge >= 0.3 is 5.97 Å². The van der Waals surface area contributed by atoms with Crippen LogP contribution in [0.3, 0.4) is 0 Å². The molecule has 1 aliphatic rings. The normalized spacial score (nSPS) is 18.1. The van der Waals surface area contributed by atoms with Crippen LogP contribution in [0.2, 0.25) is 0 Å². The van der Waals surface area contributed by atoms with Gasteiger partial charge in [0, 0.05) is 12.1 Å². The summed E-state index contributed by atoms with van der Waals surface area (Å²) in [6.07, 6.45) is 3.48. The molecule has 0 spiro atoms. The molecule has 3 aromatic rings. The maximum atomic E-state index is 12.9. The highest BCUT2D eigenvalue weighted by atomic mass is 16.5. The van der Waals surface area contributed by atoms with Crippen molar-refractivity contribution < 1.29 is 14.1 Å². The number of nitrogens with zero attached hydrogens (tertiary/aromatic N) is 5. The number of pyridine rings is 1. The molecule has 4 rings (SSSR count). The van der Waals surface area contributed by atoms with Gasteiger partial charge in [0.1, 0.15) is 23.2 Å². The molecule has 0 bridgehead atoms. The highest BCUT2D eigenvalue weighted by Gasteiger charge is 2.36. The Morgan fingerprint density at radius 3 is 2.96 bits per heavy atom. The fourth-order valence-electron chi connectivity index (χ4n) is 3.10. The summed E-state index contributed by atoms with van der Waals surface area (Å²) >= 11 is 0. The molecule has 0 unspecified atom stereocenters. The molecule has 1 N–H and O–H groups in total. The number of aromatic nitrogens is 5. The number of ether oxygens (including phenoxy) is 1. The molecule has 0 aromatic carbocycles. The van der Waals surface area contributed by atoms with Gasteiger partial charge in [-0.1, -0.05) is 13.0 Å². The number of methoxy groups -OCH3 is 1. The van der Waals surface area contributed by atoms with Crippen LogP contribution in [0, 0.1) is 0 Å². The summed E-state index contributed by atoms with van der Waals surface area (Å²) < 4.78 is 11.3. The van der Waals surface area contributed by atoms with Crippen LogP contribution in [0.1, 0.15) is 31.1 Å². The lowest BCUT2D eigenvalue weighted by Gasteiger charge is -2.12. The molecule has 0 saturated carbocycles. The van der Waals surface area contributed by atoms with Crippen LogP contribution in [0.15, 0.2) is 39.9 Å². The standard InChI is InChI=1S/C17H16N6O4/c1-9-7-12(16(25)26-2)23-13(9)19-8-11(15(23)24)20-17-21-14(27-22-17)10-5-3-4-6-18-10/h3-6,8-9,12H,7H2,1-2H3,(H,20,22)/t9-,12+/m1/s1. The van der Waals surface area contributed by atoms with Crippen LogP contribution in [0.5, 0.6) is 0 Å². The highest BCUT2D eigenvalue weighted by molar-refractivity contribution is 5.75. The van der Waals surface area contributed by atoms with Crippen LogP contribution >= 0.6 is 0 Å². The maximum Gasteiger partial charge on any atom is 0.329 e. The zero-order valence-electron chi connectivity index (χ0n) is 14.6. The fraction of sp³-hybridized carbons (Fsp3) is 0.294. The zero-order valence-corrected chi connectivity index (χ0v) is 14.6. The lowest BCUT2D eigenvalue weighted by Crippen LogP contribution is -2.30. The molecule has 4 heterocycles. The Hall–Kier alpha value is -3.56. The first-order chi connectivity index (χ1) is 13.1. The first-order valence-corrected chi connectivity index (χ1v) is 8.30. The van der Waals surface area contributed by atoms with Gasteiger partial charge in [0.2, 0.25) is 0 Å². The summed E-state index contributed by atoms with van der Waals surface area (Å²) in [5.74, 6) is 0.350. The molecule has 2 atom stereocenters. The van der Waals surface area contributed by atoms with Crippen molar-refractivity contribution in [2.45, 2.75) is 25.3 Å². The van der Waals surface area contributed by atoms with E-state index in [9.17, 15) is 9.59 Å². The number of carbonyl (C=O) groups is 1. The van der Waals surface area contributed by atoms with Crippen molar-refractivity contribution in [3.63, 3.8) is 0 Å². The largest absolute Gasteiger partial charge is 0.467 e. The lowest BCUT2D eigenvalue weighted by molar-refractivity contribution is -0.144. The van der Waals surface area contributed by atoms with Crippen molar-refractivity contribution >= 4 is 17.6 Å². The van der Waals surface area contributed by atoms with E-state index in [1.54, 1.807) is 24.4 Å². The first kappa shape index (κ1) is 16.9. The quantitative estimate of drug-likeness (QED) is 0.684. The lowest BCUT2D eigenvalue weighted by atomic mass is 10.1. The second-order valence-corrected chi connectivity index (χ2v) is 6.14. The number of hydrogen-bond donors (Lipinski definition) is 1. The fourth-order valence-corrected chi connectivity index (χ4v) is 3.10. The molecule has 3 aromatic heterocycles. The van der Waals surface area contributed by atoms with Gasteiger partial charge in [-0.25, -0.2) is 9.78 Å². The molecule has 0 aliphatic carbocycles. The molecule has 10 heteroatoms. The summed E-state index contributed by atoms with van der Waals surface area (Å²) in [5, 5.41) is 6.60. The third-order valence-corrected chi connectivity index (χ3v) is 4.38. The van der Waals surface area contributed by atoms with E-state index in [0.29, 0.717) is 17.9 Å². The number of carbonyl (C=O) groups excluding carboxylic acids is 1. The summed E-state index contributed by atoms with van der Waals surface area (Å²) in [4.78, 5) is 37.5. The molecule has 0 fully saturated rings. The van der Waals surface area contributed by atoms with E-state index in [0.717, 1.165) is 0 Å². The first-order valence-electron chi connectivity index (χ1n) is 8.30. The monoisotopic (exact) mass is 368 g/mol. The smallest absolute Gasteiger partial charge is 0.329 e.